The lowest BCUT2D eigenvalue weighted by Crippen LogP contribution is -2.51. The van der Waals surface area contributed by atoms with Gasteiger partial charge in [0.25, 0.3) is 0 Å². The highest BCUT2D eigenvalue weighted by Gasteiger charge is 2.41. The Morgan fingerprint density at radius 2 is 1.81 bits per heavy atom. The van der Waals surface area contributed by atoms with E-state index in [1.165, 1.54) is 0 Å². The molecule has 0 radical (unpaired) electrons. The van der Waals surface area contributed by atoms with E-state index in [4.69, 9.17) is 9.47 Å². The minimum atomic E-state index is -0.383. The molecule has 2 aliphatic rings. The van der Waals surface area contributed by atoms with E-state index in [-0.39, 0.29) is 17.7 Å². The SMILES string of the molecule is C[C@H](C(=O)Nc1ccccc1)N1CCC2(CC1)OCCO2. The van der Waals surface area contributed by atoms with E-state index in [0.29, 0.717) is 13.2 Å². The van der Waals surface area contributed by atoms with Crippen molar-refractivity contribution in [2.45, 2.75) is 31.6 Å². The fraction of sp³-hybridized carbons (Fsp3) is 0.562. The Bertz CT molecular complexity index is 476. The van der Waals surface area contributed by atoms with Crippen molar-refractivity contribution in [1.82, 2.24) is 4.90 Å². The fourth-order valence-corrected chi connectivity index (χ4v) is 2.97. The maximum absolute atomic E-state index is 12.3. The lowest BCUT2D eigenvalue weighted by Gasteiger charge is -2.39. The topological polar surface area (TPSA) is 50.8 Å². The molecule has 0 bridgehead atoms. The van der Waals surface area contributed by atoms with Crippen molar-refractivity contribution in [2.75, 3.05) is 31.6 Å². The van der Waals surface area contributed by atoms with E-state index < -0.39 is 0 Å². The molecule has 0 saturated carbocycles. The van der Waals surface area contributed by atoms with Gasteiger partial charge in [0.15, 0.2) is 5.79 Å². The summed E-state index contributed by atoms with van der Waals surface area (Å²) in [6, 6.07) is 9.42. The molecule has 5 heteroatoms. The molecule has 2 saturated heterocycles. The summed E-state index contributed by atoms with van der Waals surface area (Å²) >= 11 is 0. The molecule has 0 aliphatic carbocycles. The molecular formula is C16H22N2O3. The molecule has 1 aromatic rings. The average molecular weight is 290 g/mol. The molecule has 1 amide bonds. The standard InChI is InChI=1S/C16H22N2O3/c1-13(15(19)17-14-5-3-2-4-6-14)18-9-7-16(8-10-18)20-11-12-21-16/h2-6,13H,7-12H2,1H3,(H,17,19)/t13-/m1/s1. The molecule has 3 rings (SSSR count). The number of hydrogen-bond acceptors (Lipinski definition) is 4. The molecule has 114 valence electrons. The number of rotatable bonds is 3. The molecule has 1 aromatic carbocycles. The summed E-state index contributed by atoms with van der Waals surface area (Å²) in [5.74, 6) is -0.350. The zero-order chi connectivity index (χ0) is 14.7. The van der Waals surface area contributed by atoms with Crippen LogP contribution in [0, 0.1) is 0 Å². The maximum atomic E-state index is 12.3. The van der Waals surface area contributed by atoms with E-state index in [9.17, 15) is 4.79 Å². The van der Waals surface area contributed by atoms with E-state index in [1.807, 2.05) is 37.3 Å². The lowest BCUT2D eigenvalue weighted by atomic mass is 10.0. The second-order valence-electron chi connectivity index (χ2n) is 5.67. The molecule has 1 spiro atoms. The minimum Gasteiger partial charge on any atom is -0.347 e. The Kier molecular flexibility index (Phi) is 4.24. The zero-order valence-electron chi connectivity index (χ0n) is 12.4. The van der Waals surface area contributed by atoms with E-state index in [0.717, 1.165) is 31.6 Å². The Balaban J connectivity index is 1.54. The minimum absolute atomic E-state index is 0.0328. The first-order valence-electron chi connectivity index (χ1n) is 7.56. The predicted octanol–water partition coefficient (Wildman–Crippen LogP) is 1.85. The number of nitrogens with one attached hydrogen (secondary N) is 1. The van der Waals surface area contributed by atoms with Gasteiger partial charge in [0.1, 0.15) is 0 Å². The third kappa shape index (κ3) is 3.26. The number of carbonyl (C=O) groups is 1. The van der Waals surface area contributed by atoms with Crippen LogP contribution in [0.1, 0.15) is 19.8 Å². The van der Waals surface area contributed by atoms with Gasteiger partial charge in [0.05, 0.1) is 19.3 Å². The van der Waals surface area contributed by atoms with Crippen LogP contribution in [0.15, 0.2) is 30.3 Å². The van der Waals surface area contributed by atoms with Crippen LogP contribution in [0.5, 0.6) is 0 Å². The van der Waals surface area contributed by atoms with Crippen LogP contribution < -0.4 is 5.32 Å². The van der Waals surface area contributed by atoms with Crippen LogP contribution in [-0.2, 0) is 14.3 Å². The van der Waals surface area contributed by atoms with Gasteiger partial charge in [-0.05, 0) is 19.1 Å². The first-order chi connectivity index (χ1) is 10.2. The van der Waals surface area contributed by atoms with Crippen molar-refractivity contribution < 1.29 is 14.3 Å². The fourth-order valence-electron chi connectivity index (χ4n) is 2.97. The summed E-state index contributed by atoms with van der Waals surface area (Å²) < 4.78 is 11.4. The molecule has 1 atom stereocenters. The molecule has 1 N–H and O–H groups in total. The normalized spacial score (nSPS) is 23.1. The van der Waals surface area contributed by atoms with Gasteiger partial charge in [-0.2, -0.15) is 0 Å². The molecule has 21 heavy (non-hydrogen) atoms. The summed E-state index contributed by atoms with van der Waals surface area (Å²) in [5.41, 5.74) is 0.838. The monoisotopic (exact) mass is 290 g/mol. The number of benzene rings is 1. The average Bonchev–Trinajstić information content (AvgIpc) is 2.96. The van der Waals surface area contributed by atoms with E-state index in [2.05, 4.69) is 10.2 Å². The van der Waals surface area contributed by atoms with Crippen LogP contribution >= 0.6 is 0 Å². The van der Waals surface area contributed by atoms with E-state index in [1.54, 1.807) is 0 Å². The number of hydrogen-bond donors (Lipinski definition) is 1. The van der Waals surface area contributed by atoms with Crippen LogP contribution in [0.2, 0.25) is 0 Å². The third-order valence-electron chi connectivity index (χ3n) is 4.34. The van der Waals surface area contributed by atoms with Crippen molar-refractivity contribution in [3.05, 3.63) is 30.3 Å². The van der Waals surface area contributed by atoms with Gasteiger partial charge >= 0.3 is 0 Å². The Morgan fingerprint density at radius 3 is 2.43 bits per heavy atom. The Hall–Kier alpha value is -1.43. The molecule has 2 heterocycles. The number of amides is 1. The van der Waals surface area contributed by atoms with Gasteiger partial charge in [-0.1, -0.05) is 18.2 Å². The number of para-hydroxylation sites is 1. The van der Waals surface area contributed by atoms with Crippen LogP contribution in [0.25, 0.3) is 0 Å². The van der Waals surface area contributed by atoms with Crippen molar-refractivity contribution in [2.24, 2.45) is 0 Å². The zero-order valence-corrected chi connectivity index (χ0v) is 12.4. The van der Waals surface area contributed by atoms with E-state index >= 15 is 0 Å². The van der Waals surface area contributed by atoms with Gasteiger partial charge in [-0.15, -0.1) is 0 Å². The van der Waals surface area contributed by atoms with Crippen molar-refractivity contribution in [3.63, 3.8) is 0 Å². The number of anilines is 1. The number of carbonyl (C=O) groups excluding carboxylic acids is 1. The summed E-state index contributed by atoms with van der Waals surface area (Å²) in [7, 11) is 0. The van der Waals surface area contributed by atoms with Crippen LogP contribution in [0.4, 0.5) is 5.69 Å². The number of ether oxygens (including phenoxy) is 2. The van der Waals surface area contributed by atoms with Crippen molar-refractivity contribution >= 4 is 11.6 Å². The second-order valence-corrected chi connectivity index (χ2v) is 5.67. The first-order valence-corrected chi connectivity index (χ1v) is 7.56. The highest BCUT2D eigenvalue weighted by atomic mass is 16.7. The van der Waals surface area contributed by atoms with Gasteiger partial charge in [-0.25, -0.2) is 0 Å². The van der Waals surface area contributed by atoms with Crippen molar-refractivity contribution in [1.29, 1.82) is 0 Å². The molecule has 2 fully saturated rings. The Labute approximate surface area is 125 Å². The number of piperidine rings is 1. The van der Waals surface area contributed by atoms with Gasteiger partial charge in [0.2, 0.25) is 5.91 Å². The largest absolute Gasteiger partial charge is 0.347 e. The number of likely N-dealkylation sites (tertiary alicyclic amines) is 1. The van der Waals surface area contributed by atoms with Crippen LogP contribution in [-0.4, -0.2) is 48.9 Å². The Morgan fingerprint density at radius 1 is 1.19 bits per heavy atom. The lowest BCUT2D eigenvalue weighted by molar-refractivity contribution is -0.187. The highest BCUT2D eigenvalue weighted by Crippen LogP contribution is 2.31. The number of nitrogens with zero attached hydrogens (tertiary/aromatic N) is 1. The molecule has 0 unspecified atom stereocenters. The molecular weight excluding hydrogens is 268 g/mol. The first kappa shape index (κ1) is 14.5. The van der Waals surface area contributed by atoms with Gasteiger partial charge < -0.3 is 14.8 Å². The summed E-state index contributed by atoms with van der Waals surface area (Å²) in [6.07, 6.45) is 1.66. The second kappa shape index (κ2) is 6.13. The maximum Gasteiger partial charge on any atom is 0.241 e. The van der Waals surface area contributed by atoms with Crippen LogP contribution in [0.3, 0.4) is 0 Å². The smallest absolute Gasteiger partial charge is 0.241 e. The molecule has 5 nitrogen and oxygen atoms in total. The quantitative estimate of drug-likeness (QED) is 0.923. The molecule has 0 aromatic heterocycles. The van der Waals surface area contributed by atoms with Crippen molar-refractivity contribution in [3.8, 4) is 0 Å². The molecule has 2 aliphatic heterocycles. The van der Waals surface area contributed by atoms with Gasteiger partial charge in [-0.3, -0.25) is 9.69 Å². The third-order valence-corrected chi connectivity index (χ3v) is 4.34. The highest BCUT2D eigenvalue weighted by molar-refractivity contribution is 5.94. The summed E-state index contributed by atoms with van der Waals surface area (Å²) in [4.78, 5) is 14.5. The summed E-state index contributed by atoms with van der Waals surface area (Å²) in [5, 5.41) is 2.96. The predicted molar refractivity (Wildman–Crippen MR) is 80.0 cm³/mol. The van der Waals surface area contributed by atoms with Gasteiger partial charge in [0, 0.05) is 31.6 Å². The summed E-state index contributed by atoms with van der Waals surface area (Å²) in [6.45, 7) is 4.97.